The summed E-state index contributed by atoms with van der Waals surface area (Å²) in [6.07, 6.45) is -0.647. The highest BCUT2D eigenvalue weighted by Gasteiger charge is 2.30. The molecule has 0 fully saturated rings. The highest BCUT2D eigenvalue weighted by molar-refractivity contribution is 5.86. The van der Waals surface area contributed by atoms with E-state index in [2.05, 4.69) is 10.6 Å². The Labute approximate surface area is 165 Å². The normalized spacial score (nSPS) is 15.2. The molecule has 2 amide bonds. The van der Waals surface area contributed by atoms with Gasteiger partial charge in [0, 0.05) is 33.4 Å². The number of para-hydroxylation sites is 2. The molecule has 2 N–H and O–H groups in total. The second kappa shape index (κ2) is 8.65. The first-order chi connectivity index (χ1) is 13.5. The first-order valence-corrected chi connectivity index (χ1v) is 9.23. The number of rotatable bonds is 6. The van der Waals surface area contributed by atoms with Gasteiger partial charge in [-0.25, -0.2) is 0 Å². The van der Waals surface area contributed by atoms with Gasteiger partial charge in [-0.15, -0.1) is 0 Å². The number of anilines is 2. The van der Waals surface area contributed by atoms with Gasteiger partial charge in [-0.2, -0.15) is 0 Å². The molecule has 0 aliphatic carbocycles. The number of nitrogens with one attached hydrogen (secondary N) is 2. The van der Waals surface area contributed by atoms with Crippen molar-refractivity contribution in [1.82, 2.24) is 10.6 Å². The first kappa shape index (κ1) is 19.5. The molecule has 1 aliphatic rings. The van der Waals surface area contributed by atoms with Crippen molar-refractivity contribution in [2.24, 2.45) is 0 Å². The van der Waals surface area contributed by atoms with E-state index in [1.807, 2.05) is 72.4 Å². The van der Waals surface area contributed by atoms with Crippen LogP contribution in [-0.4, -0.2) is 52.2 Å². The molecule has 28 heavy (non-hydrogen) atoms. The molecule has 7 heteroatoms. The van der Waals surface area contributed by atoms with Crippen molar-refractivity contribution in [3.05, 3.63) is 54.1 Å². The third-order valence-corrected chi connectivity index (χ3v) is 4.68. The zero-order valence-corrected chi connectivity index (χ0v) is 16.4. The maximum absolute atomic E-state index is 12.5. The summed E-state index contributed by atoms with van der Waals surface area (Å²) in [5.74, 6) is 0.291. The maximum Gasteiger partial charge on any atom is 0.262 e. The fourth-order valence-electron chi connectivity index (χ4n) is 3.10. The summed E-state index contributed by atoms with van der Waals surface area (Å²) in [5, 5.41) is 5.55. The molecule has 0 spiro atoms. The van der Waals surface area contributed by atoms with Crippen LogP contribution in [0.1, 0.15) is 5.56 Å². The molecule has 2 aromatic carbocycles. The van der Waals surface area contributed by atoms with Crippen LogP contribution in [0.5, 0.6) is 5.75 Å². The molecule has 148 valence electrons. The molecule has 0 unspecified atom stereocenters. The first-order valence-electron chi connectivity index (χ1n) is 9.23. The molecule has 0 radical (unpaired) electrons. The van der Waals surface area contributed by atoms with E-state index in [0.29, 0.717) is 18.8 Å². The van der Waals surface area contributed by atoms with Gasteiger partial charge in [0.2, 0.25) is 5.91 Å². The second-order valence-corrected chi connectivity index (χ2v) is 6.91. The average Bonchev–Trinajstić information content (AvgIpc) is 2.71. The van der Waals surface area contributed by atoms with E-state index < -0.39 is 6.10 Å². The van der Waals surface area contributed by atoms with Gasteiger partial charge >= 0.3 is 0 Å². The lowest BCUT2D eigenvalue weighted by Crippen LogP contribution is -2.50. The summed E-state index contributed by atoms with van der Waals surface area (Å²) < 4.78 is 5.77. The molecule has 0 saturated carbocycles. The van der Waals surface area contributed by atoms with Crippen LogP contribution in [0, 0.1) is 0 Å². The Morgan fingerprint density at radius 1 is 1.14 bits per heavy atom. The van der Waals surface area contributed by atoms with Gasteiger partial charge in [0.1, 0.15) is 5.75 Å². The highest BCUT2D eigenvalue weighted by Crippen LogP contribution is 2.32. The summed E-state index contributed by atoms with van der Waals surface area (Å²) >= 11 is 0. The van der Waals surface area contributed by atoms with Crippen LogP contribution in [0.25, 0.3) is 0 Å². The molecule has 1 atom stereocenters. The van der Waals surface area contributed by atoms with E-state index in [-0.39, 0.29) is 18.4 Å². The molecule has 1 aliphatic heterocycles. The zero-order chi connectivity index (χ0) is 20.1. The largest absolute Gasteiger partial charge is 0.477 e. The summed E-state index contributed by atoms with van der Waals surface area (Å²) in [7, 11) is 5.55. The Morgan fingerprint density at radius 3 is 2.54 bits per heavy atom. The molecule has 7 nitrogen and oxygen atoms in total. The van der Waals surface area contributed by atoms with Crippen LogP contribution >= 0.6 is 0 Å². The Balaban J connectivity index is 1.63. The summed E-state index contributed by atoms with van der Waals surface area (Å²) in [6, 6.07) is 15.5. The minimum Gasteiger partial charge on any atom is -0.477 e. The predicted octanol–water partition coefficient (Wildman–Crippen LogP) is 1.38. The van der Waals surface area contributed by atoms with Crippen LogP contribution in [0.15, 0.2) is 48.5 Å². The van der Waals surface area contributed by atoms with Crippen LogP contribution < -0.4 is 25.2 Å². The van der Waals surface area contributed by atoms with Crippen molar-refractivity contribution in [2.45, 2.75) is 12.6 Å². The van der Waals surface area contributed by atoms with Gasteiger partial charge in [-0.05, 0) is 29.8 Å². The van der Waals surface area contributed by atoms with E-state index in [9.17, 15) is 9.59 Å². The van der Waals surface area contributed by atoms with Gasteiger partial charge < -0.3 is 25.2 Å². The van der Waals surface area contributed by atoms with E-state index in [4.69, 9.17) is 4.74 Å². The van der Waals surface area contributed by atoms with Crippen LogP contribution in [-0.2, 0) is 16.1 Å². The Morgan fingerprint density at radius 2 is 1.86 bits per heavy atom. The van der Waals surface area contributed by atoms with Gasteiger partial charge in [0.25, 0.3) is 5.91 Å². The zero-order valence-electron chi connectivity index (χ0n) is 16.4. The molecular weight excluding hydrogens is 356 g/mol. The number of hydrogen-bond donors (Lipinski definition) is 2. The predicted molar refractivity (Wildman–Crippen MR) is 110 cm³/mol. The number of carbonyl (C=O) groups excluding carboxylic acids is 2. The molecule has 0 aromatic heterocycles. The highest BCUT2D eigenvalue weighted by atomic mass is 16.5. The molecule has 2 aromatic rings. The number of nitrogens with zero attached hydrogens (tertiary/aromatic N) is 2. The average molecular weight is 382 g/mol. The van der Waals surface area contributed by atoms with Gasteiger partial charge in [-0.1, -0.05) is 24.3 Å². The van der Waals surface area contributed by atoms with Crippen molar-refractivity contribution in [2.75, 3.05) is 44.0 Å². The number of carbonyl (C=O) groups is 2. The lowest BCUT2D eigenvalue weighted by molar-refractivity contribution is -0.127. The van der Waals surface area contributed by atoms with E-state index >= 15 is 0 Å². The minimum absolute atomic E-state index is 0.107. The molecule has 3 rings (SSSR count). The van der Waals surface area contributed by atoms with Crippen molar-refractivity contribution in [1.29, 1.82) is 0 Å². The number of likely N-dealkylation sites (N-methyl/N-ethyl adjacent to an activating group) is 1. The lowest BCUT2D eigenvalue weighted by Gasteiger charge is -2.35. The fourth-order valence-corrected chi connectivity index (χ4v) is 3.10. The number of hydrogen-bond acceptors (Lipinski definition) is 5. The molecular formula is C21H26N4O3. The third kappa shape index (κ3) is 4.54. The number of amides is 2. The summed E-state index contributed by atoms with van der Waals surface area (Å²) in [6.45, 7) is 0.933. The van der Waals surface area contributed by atoms with E-state index in [1.165, 1.54) is 0 Å². The molecule has 1 heterocycles. The third-order valence-electron chi connectivity index (χ3n) is 4.68. The van der Waals surface area contributed by atoms with Crippen LogP contribution in [0.3, 0.4) is 0 Å². The van der Waals surface area contributed by atoms with Crippen molar-refractivity contribution >= 4 is 23.2 Å². The SMILES string of the molecule is CNC(=O)[C@@H]1CN(CC(=O)NCc2ccc(N(C)C)cc2)c2ccccc2O1. The van der Waals surface area contributed by atoms with Crippen LogP contribution in [0.4, 0.5) is 11.4 Å². The Hall–Kier alpha value is -3.22. The van der Waals surface area contributed by atoms with Crippen LogP contribution in [0.2, 0.25) is 0 Å². The van der Waals surface area contributed by atoms with Crippen molar-refractivity contribution in [3.8, 4) is 5.75 Å². The molecule has 0 bridgehead atoms. The maximum atomic E-state index is 12.5. The Kier molecular flexibility index (Phi) is 6.03. The topological polar surface area (TPSA) is 73.9 Å². The van der Waals surface area contributed by atoms with Gasteiger partial charge in [-0.3, -0.25) is 9.59 Å². The Bertz CT molecular complexity index is 836. The smallest absolute Gasteiger partial charge is 0.262 e. The monoisotopic (exact) mass is 382 g/mol. The number of ether oxygens (including phenoxy) is 1. The van der Waals surface area contributed by atoms with Gasteiger partial charge in [0.15, 0.2) is 6.10 Å². The fraction of sp³-hybridized carbons (Fsp3) is 0.333. The van der Waals surface area contributed by atoms with Crippen molar-refractivity contribution < 1.29 is 14.3 Å². The number of benzene rings is 2. The standard InChI is InChI=1S/C21H26N4O3/c1-22-21(27)19-13-25(17-6-4-5-7-18(17)28-19)14-20(26)23-12-15-8-10-16(11-9-15)24(2)3/h4-11,19H,12-14H2,1-3H3,(H,22,27)(H,23,26)/t19-/m0/s1. The summed E-state index contributed by atoms with van der Waals surface area (Å²) in [4.78, 5) is 28.4. The van der Waals surface area contributed by atoms with Crippen molar-refractivity contribution in [3.63, 3.8) is 0 Å². The second-order valence-electron chi connectivity index (χ2n) is 6.91. The quantitative estimate of drug-likeness (QED) is 0.790. The van der Waals surface area contributed by atoms with E-state index in [1.54, 1.807) is 7.05 Å². The van der Waals surface area contributed by atoms with E-state index in [0.717, 1.165) is 16.9 Å². The molecule has 0 saturated heterocycles. The lowest BCUT2D eigenvalue weighted by atomic mass is 10.1. The van der Waals surface area contributed by atoms with Gasteiger partial charge in [0.05, 0.1) is 18.8 Å². The minimum atomic E-state index is -0.647. The number of fused-ring (bicyclic) bond motifs is 1. The summed E-state index contributed by atoms with van der Waals surface area (Å²) in [5.41, 5.74) is 2.96.